The van der Waals surface area contributed by atoms with Crippen LogP contribution in [0, 0.1) is 35.5 Å². The first-order valence-electron chi connectivity index (χ1n) is 13.2. The molecular formula is C31H33NO7Si. The van der Waals surface area contributed by atoms with E-state index >= 15 is 0 Å². The third-order valence-electron chi connectivity index (χ3n) is 8.82. The highest BCUT2D eigenvalue weighted by Gasteiger charge is 2.86. The van der Waals surface area contributed by atoms with Crippen LogP contribution >= 0.6 is 0 Å². The van der Waals surface area contributed by atoms with Crippen molar-refractivity contribution in [3.63, 3.8) is 0 Å². The minimum absolute atomic E-state index is 0.0268. The Bertz CT molecular complexity index is 1510. The number of epoxide rings is 1. The number of ether oxygens (including phenoxy) is 2. The molecule has 4 aliphatic rings. The number of carbonyl (C=O) groups excluding carboxylic acids is 1. The molecule has 2 aliphatic carbocycles. The second-order valence-corrected chi connectivity index (χ2v) is 16.7. The Balaban J connectivity index is 1.81. The largest absolute Gasteiger partial charge is 0.543 e. The second kappa shape index (κ2) is 9.05. The normalized spacial score (nSPS) is 30.2. The van der Waals surface area contributed by atoms with Crippen LogP contribution < -0.4 is 9.33 Å². The Morgan fingerprint density at radius 2 is 1.90 bits per heavy atom. The summed E-state index contributed by atoms with van der Waals surface area (Å²) >= 11 is 0. The molecule has 8 nitrogen and oxygen atoms in total. The highest BCUT2D eigenvalue weighted by molar-refractivity contribution is 6.74. The maximum Gasteiger partial charge on any atom is 0.415 e. The Labute approximate surface area is 235 Å². The zero-order valence-electron chi connectivity index (χ0n) is 23.5. The fourth-order valence-corrected chi connectivity index (χ4v) is 6.91. The quantitative estimate of drug-likeness (QED) is 0.219. The lowest BCUT2D eigenvalue weighted by molar-refractivity contribution is -0.134. The molecule has 0 aromatic heterocycles. The molecule has 2 N–H and O–H groups in total. The highest BCUT2D eigenvalue weighted by Crippen LogP contribution is 2.74. The number of aliphatic hydroxyl groups excluding tert-OH is 1. The molecule has 0 unspecified atom stereocenters. The zero-order valence-corrected chi connectivity index (χ0v) is 24.5. The van der Waals surface area contributed by atoms with Crippen LogP contribution in [0.5, 0.6) is 5.75 Å². The van der Waals surface area contributed by atoms with Crippen LogP contribution in [-0.2, 0) is 19.9 Å². The molecule has 5 rings (SSSR count). The molecule has 0 radical (unpaired) electrons. The van der Waals surface area contributed by atoms with Crippen molar-refractivity contribution in [2.24, 2.45) is 11.8 Å². The molecule has 2 aliphatic heterocycles. The van der Waals surface area contributed by atoms with Gasteiger partial charge in [0.1, 0.15) is 41.3 Å². The Kier molecular flexibility index (Phi) is 6.25. The zero-order chi connectivity index (χ0) is 29.3. The predicted molar refractivity (Wildman–Crippen MR) is 152 cm³/mol. The number of allylic oxidation sites excluding steroid dienone is 2. The molecular weight excluding hydrogens is 526 g/mol. The topological polar surface area (TPSA) is 109 Å². The average molecular weight is 560 g/mol. The molecule has 40 heavy (non-hydrogen) atoms. The van der Waals surface area contributed by atoms with Crippen LogP contribution in [0.15, 0.2) is 54.3 Å². The summed E-state index contributed by atoms with van der Waals surface area (Å²) in [5.41, 5.74) is -1.77. The first-order valence-corrected chi connectivity index (χ1v) is 16.1. The van der Waals surface area contributed by atoms with E-state index in [1.807, 2.05) is 6.07 Å². The van der Waals surface area contributed by atoms with Crippen molar-refractivity contribution >= 4 is 26.1 Å². The van der Waals surface area contributed by atoms with Gasteiger partial charge >= 0.3 is 12.1 Å². The summed E-state index contributed by atoms with van der Waals surface area (Å²) in [6.07, 6.45) is 3.87. The Hall–Kier alpha value is -3.92. The summed E-state index contributed by atoms with van der Waals surface area (Å²) in [5, 5.41) is 21.5. The van der Waals surface area contributed by atoms with Gasteiger partial charge in [-0.05, 0) is 48.5 Å². The van der Waals surface area contributed by atoms with Gasteiger partial charge in [0.2, 0.25) is 8.32 Å². The first kappa shape index (κ1) is 27.6. The standard InChI is InChI=1S/C31H33NO7Si/c1-8-17-37-28(36)32-23-16-15-20(38-40(6,7)29(3,4)5)18-22(23)31-21-13-11-9-10-12-14-24(32)30(31,39-31)19(2)25(26(21)33)27(34)35/h8-10,15-16,18-19,21,24,33H,1,17H2,2-7H3,(H,34,35)/b10-9-/t19-,21+,24-,30-,31+/m0/s1. The molecule has 1 aromatic rings. The van der Waals surface area contributed by atoms with Crippen LogP contribution in [-0.4, -0.2) is 48.8 Å². The summed E-state index contributed by atoms with van der Waals surface area (Å²) < 4.78 is 18.8. The number of carboxylic acid groups (broad SMARTS) is 1. The number of aliphatic carboxylic acids is 1. The molecule has 1 aromatic carbocycles. The van der Waals surface area contributed by atoms with Gasteiger partial charge in [0.25, 0.3) is 0 Å². The van der Waals surface area contributed by atoms with Crippen LogP contribution in [0.2, 0.25) is 18.1 Å². The average Bonchev–Trinajstić information content (AvgIpc) is 3.58. The molecule has 2 heterocycles. The summed E-state index contributed by atoms with van der Waals surface area (Å²) in [7, 11) is -2.26. The van der Waals surface area contributed by atoms with Gasteiger partial charge in [-0.2, -0.15) is 0 Å². The van der Waals surface area contributed by atoms with E-state index in [9.17, 15) is 19.8 Å². The van der Waals surface area contributed by atoms with Crippen molar-refractivity contribution in [3.8, 4) is 29.4 Å². The van der Waals surface area contributed by atoms with E-state index in [4.69, 9.17) is 13.9 Å². The molecule has 0 spiro atoms. The Morgan fingerprint density at radius 1 is 1.23 bits per heavy atom. The van der Waals surface area contributed by atoms with E-state index in [0.717, 1.165) is 0 Å². The van der Waals surface area contributed by atoms with Crippen LogP contribution in [0.4, 0.5) is 10.5 Å². The number of hydrogen-bond acceptors (Lipinski definition) is 6. The van der Waals surface area contributed by atoms with E-state index in [0.29, 0.717) is 17.0 Å². The summed E-state index contributed by atoms with van der Waals surface area (Å²) in [4.78, 5) is 27.5. The molecule has 4 bridgehead atoms. The van der Waals surface area contributed by atoms with Gasteiger partial charge in [-0.1, -0.05) is 64.0 Å². The SMILES string of the molecule is C=CCOC(=O)N1c2ccc(O[Si](C)(C)C(C)(C)C)cc2[C@@]23O[C@@]24[C@@H]1C#C/C=C\C#C[C@@H]3C(O)=C(C(=O)O)[C@@H]4C. The lowest BCUT2D eigenvalue weighted by Crippen LogP contribution is -2.60. The lowest BCUT2D eigenvalue weighted by atomic mass is 9.59. The molecule has 1 amide bonds. The number of hydrogen-bond donors (Lipinski definition) is 2. The fraction of sp³-hybridized carbons (Fsp3) is 0.419. The van der Waals surface area contributed by atoms with E-state index < -0.39 is 49.5 Å². The van der Waals surface area contributed by atoms with E-state index in [1.165, 1.54) is 17.1 Å². The number of benzene rings is 1. The number of aliphatic hydroxyl groups is 1. The highest BCUT2D eigenvalue weighted by atomic mass is 28.4. The van der Waals surface area contributed by atoms with Crippen molar-refractivity contribution in [2.75, 3.05) is 11.5 Å². The van der Waals surface area contributed by atoms with Crippen LogP contribution in [0.3, 0.4) is 0 Å². The van der Waals surface area contributed by atoms with Gasteiger partial charge in [-0.15, -0.1) is 0 Å². The summed E-state index contributed by atoms with van der Waals surface area (Å²) in [5.74, 6) is 9.08. The minimum atomic E-state index is -2.26. The minimum Gasteiger partial charge on any atom is -0.543 e. The van der Waals surface area contributed by atoms with E-state index in [1.54, 1.807) is 25.1 Å². The van der Waals surface area contributed by atoms with Gasteiger partial charge in [0, 0.05) is 11.5 Å². The predicted octanol–water partition coefficient (Wildman–Crippen LogP) is 5.29. The maximum absolute atomic E-state index is 13.6. The van der Waals surface area contributed by atoms with Crippen molar-refractivity contribution in [1.82, 2.24) is 0 Å². The van der Waals surface area contributed by atoms with Gasteiger partial charge in [-0.25, -0.2) is 9.59 Å². The van der Waals surface area contributed by atoms with Gasteiger partial charge in [-0.3, -0.25) is 4.90 Å². The van der Waals surface area contributed by atoms with Crippen LogP contribution in [0.1, 0.15) is 33.3 Å². The fourth-order valence-electron chi connectivity index (χ4n) is 5.88. The lowest BCUT2D eigenvalue weighted by Gasteiger charge is -2.45. The molecule has 5 atom stereocenters. The summed E-state index contributed by atoms with van der Waals surface area (Å²) in [6.45, 7) is 16.0. The van der Waals surface area contributed by atoms with Crippen molar-refractivity contribution < 1.29 is 33.7 Å². The number of amides is 1. The first-order chi connectivity index (χ1) is 18.7. The van der Waals surface area contributed by atoms with Gasteiger partial charge < -0.3 is 24.1 Å². The van der Waals surface area contributed by atoms with E-state index in [2.05, 4.69) is 64.1 Å². The van der Waals surface area contributed by atoms with Crippen LogP contribution in [0.25, 0.3) is 0 Å². The third-order valence-corrected chi connectivity index (χ3v) is 13.2. The maximum atomic E-state index is 13.6. The number of anilines is 1. The number of fused-ring (bicyclic) bond motifs is 1. The number of carbonyl (C=O) groups is 2. The monoisotopic (exact) mass is 559 g/mol. The van der Waals surface area contributed by atoms with Gasteiger partial charge in [0.05, 0.1) is 11.3 Å². The van der Waals surface area contributed by atoms with Gasteiger partial charge in [0.15, 0.2) is 0 Å². The molecule has 1 fully saturated rings. The molecule has 1 saturated heterocycles. The van der Waals surface area contributed by atoms with Crippen molar-refractivity contribution in [3.05, 3.63) is 59.9 Å². The number of nitrogens with zero attached hydrogens (tertiary/aromatic N) is 1. The number of carboxylic acids is 1. The summed E-state index contributed by atoms with van der Waals surface area (Å²) in [6, 6.07) is 4.47. The van der Waals surface area contributed by atoms with E-state index in [-0.39, 0.29) is 23.0 Å². The molecule has 0 saturated carbocycles. The molecule has 9 heteroatoms. The number of rotatable bonds is 5. The third kappa shape index (κ3) is 3.65. The Morgan fingerprint density at radius 3 is 2.52 bits per heavy atom. The molecule has 208 valence electrons. The smallest absolute Gasteiger partial charge is 0.415 e. The van der Waals surface area contributed by atoms with Crippen molar-refractivity contribution in [2.45, 2.75) is 63.1 Å². The second-order valence-electron chi connectivity index (χ2n) is 12.0. The van der Waals surface area contributed by atoms with Crippen molar-refractivity contribution in [1.29, 1.82) is 0 Å².